The van der Waals surface area contributed by atoms with Crippen LogP contribution in [0.25, 0.3) is 10.9 Å². The van der Waals surface area contributed by atoms with Crippen molar-refractivity contribution in [2.24, 2.45) is 7.05 Å². The van der Waals surface area contributed by atoms with Gasteiger partial charge in [0.2, 0.25) is 0 Å². The molecule has 1 heterocycles. The molecule has 0 amide bonds. The molecule has 1 aromatic heterocycles. The largest absolute Gasteiger partial charge is 0.385 e. The molecule has 2 aromatic rings. The summed E-state index contributed by atoms with van der Waals surface area (Å²) >= 11 is 3.42. The van der Waals surface area contributed by atoms with Crippen molar-refractivity contribution >= 4 is 32.5 Å². The zero-order valence-corrected chi connectivity index (χ0v) is 10.4. The van der Waals surface area contributed by atoms with Crippen LogP contribution in [0.3, 0.4) is 0 Å². The van der Waals surface area contributed by atoms with Crippen molar-refractivity contribution in [3.05, 3.63) is 30.5 Å². The fraction of sp³-hybridized carbons (Fsp3) is 0.333. The van der Waals surface area contributed by atoms with E-state index in [1.807, 2.05) is 0 Å². The van der Waals surface area contributed by atoms with Crippen molar-refractivity contribution in [1.82, 2.24) is 4.57 Å². The van der Waals surface area contributed by atoms with Crippen LogP contribution in [-0.2, 0) is 7.05 Å². The van der Waals surface area contributed by atoms with Crippen LogP contribution in [0.5, 0.6) is 0 Å². The van der Waals surface area contributed by atoms with Gasteiger partial charge in [0.15, 0.2) is 0 Å². The molecule has 2 rings (SSSR count). The highest BCUT2D eigenvalue weighted by molar-refractivity contribution is 9.09. The van der Waals surface area contributed by atoms with E-state index in [1.165, 1.54) is 16.6 Å². The minimum atomic E-state index is 1.02. The summed E-state index contributed by atoms with van der Waals surface area (Å²) < 4.78 is 2.14. The molecule has 0 saturated heterocycles. The first kappa shape index (κ1) is 10.6. The van der Waals surface area contributed by atoms with Crippen molar-refractivity contribution in [2.45, 2.75) is 6.42 Å². The Labute approximate surface area is 98.4 Å². The second-order valence-corrected chi connectivity index (χ2v) is 4.46. The molecule has 0 fully saturated rings. The van der Waals surface area contributed by atoms with E-state index in [1.54, 1.807) is 0 Å². The van der Waals surface area contributed by atoms with E-state index in [0.717, 1.165) is 18.3 Å². The quantitative estimate of drug-likeness (QED) is 0.663. The molecule has 0 aliphatic carbocycles. The lowest BCUT2D eigenvalue weighted by atomic mass is 10.2. The van der Waals surface area contributed by atoms with Gasteiger partial charge in [0.05, 0.1) is 0 Å². The summed E-state index contributed by atoms with van der Waals surface area (Å²) in [5.41, 5.74) is 2.48. The van der Waals surface area contributed by atoms with E-state index in [4.69, 9.17) is 0 Å². The van der Waals surface area contributed by atoms with Gasteiger partial charge in [0.25, 0.3) is 0 Å². The molecule has 0 saturated carbocycles. The number of nitrogens with zero attached hydrogens (tertiary/aromatic N) is 1. The van der Waals surface area contributed by atoms with Crippen LogP contribution < -0.4 is 5.32 Å². The molecule has 3 heteroatoms. The first-order valence-electron chi connectivity index (χ1n) is 5.16. The number of rotatable bonds is 4. The molecule has 1 aromatic carbocycles. The van der Waals surface area contributed by atoms with Crippen LogP contribution >= 0.6 is 15.9 Å². The third kappa shape index (κ3) is 2.34. The van der Waals surface area contributed by atoms with Gasteiger partial charge in [-0.3, -0.25) is 0 Å². The second-order valence-electron chi connectivity index (χ2n) is 3.67. The van der Waals surface area contributed by atoms with E-state index >= 15 is 0 Å². The zero-order valence-electron chi connectivity index (χ0n) is 8.83. The topological polar surface area (TPSA) is 17.0 Å². The molecular weight excluding hydrogens is 252 g/mol. The van der Waals surface area contributed by atoms with Gasteiger partial charge in [0, 0.05) is 41.7 Å². The van der Waals surface area contributed by atoms with E-state index < -0.39 is 0 Å². The SMILES string of the molecule is Cn1ccc2cc(NCCCBr)ccc21. The van der Waals surface area contributed by atoms with Gasteiger partial charge < -0.3 is 9.88 Å². The van der Waals surface area contributed by atoms with Crippen molar-refractivity contribution in [1.29, 1.82) is 0 Å². The van der Waals surface area contributed by atoms with E-state index in [9.17, 15) is 0 Å². The maximum Gasteiger partial charge on any atom is 0.0479 e. The Kier molecular flexibility index (Phi) is 3.31. The number of aryl methyl sites for hydroxylation is 1. The lowest BCUT2D eigenvalue weighted by molar-refractivity contribution is 0.969. The number of benzene rings is 1. The van der Waals surface area contributed by atoms with E-state index in [0.29, 0.717) is 0 Å². The maximum absolute atomic E-state index is 3.42. The Hall–Kier alpha value is -0.960. The highest BCUT2D eigenvalue weighted by Crippen LogP contribution is 2.19. The molecule has 0 atom stereocenters. The number of hydrogen-bond donors (Lipinski definition) is 1. The van der Waals surface area contributed by atoms with Gasteiger partial charge in [-0.25, -0.2) is 0 Å². The van der Waals surface area contributed by atoms with Gasteiger partial charge in [0.1, 0.15) is 0 Å². The normalized spacial score (nSPS) is 10.8. The van der Waals surface area contributed by atoms with Crippen molar-refractivity contribution in [3.63, 3.8) is 0 Å². The average Bonchev–Trinajstić information content (AvgIpc) is 2.61. The minimum Gasteiger partial charge on any atom is -0.385 e. The highest BCUT2D eigenvalue weighted by Gasteiger charge is 1.98. The van der Waals surface area contributed by atoms with Crippen LogP contribution in [0, 0.1) is 0 Å². The monoisotopic (exact) mass is 266 g/mol. The lowest BCUT2D eigenvalue weighted by Gasteiger charge is -2.05. The molecule has 0 unspecified atom stereocenters. The number of fused-ring (bicyclic) bond motifs is 1. The number of alkyl halides is 1. The summed E-state index contributed by atoms with van der Waals surface area (Å²) in [7, 11) is 2.07. The number of halogens is 1. The van der Waals surface area contributed by atoms with Crippen LogP contribution in [0.4, 0.5) is 5.69 Å². The van der Waals surface area contributed by atoms with Gasteiger partial charge in [-0.15, -0.1) is 0 Å². The summed E-state index contributed by atoms with van der Waals surface area (Å²) in [4.78, 5) is 0. The van der Waals surface area contributed by atoms with Gasteiger partial charge in [-0.2, -0.15) is 0 Å². The summed E-state index contributed by atoms with van der Waals surface area (Å²) in [6, 6.07) is 8.64. The third-order valence-corrected chi connectivity index (χ3v) is 3.09. The van der Waals surface area contributed by atoms with Crippen molar-refractivity contribution < 1.29 is 0 Å². The number of nitrogens with one attached hydrogen (secondary N) is 1. The fourth-order valence-electron chi connectivity index (χ4n) is 1.69. The predicted octanol–water partition coefficient (Wildman–Crippen LogP) is 3.38. The van der Waals surface area contributed by atoms with E-state index in [2.05, 4.69) is 63.3 Å². The van der Waals surface area contributed by atoms with Gasteiger partial charge in [-0.05, 0) is 30.7 Å². The maximum atomic E-state index is 3.42. The molecule has 15 heavy (non-hydrogen) atoms. The highest BCUT2D eigenvalue weighted by atomic mass is 79.9. The first-order chi connectivity index (χ1) is 7.31. The Morgan fingerprint density at radius 3 is 3.00 bits per heavy atom. The second kappa shape index (κ2) is 4.71. The zero-order chi connectivity index (χ0) is 10.7. The Balaban J connectivity index is 2.16. The Morgan fingerprint density at radius 2 is 2.20 bits per heavy atom. The van der Waals surface area contributed by atoms with Gasteiger partial charge >= 0.3 is 0 Å². The average molecular weight is 267 g/mol. The van der Waals surface area contributed by atoms with Crippen LogP contribution in [0.2, 0.25) is 0 Å². The summed E-state index contributed by atoms with van der Waals surface area (Å²) in [5.74, 6) is 0. The number of aromatic nitrogens is 1. The number of hydrogen-bond acceptors (Lipinski definition) is 1. The summed E-state index contributed by atoms with van der Waals surface area (Å²) in [6.45, 7) is 1.02. The molecule has 2 nitrogen and oxygen atoms in total. The number of anilines is 1. The first-order valence-corrected chi connectivity index (χ1v) is 6.28. The third-order valence-electron chi connectivity index (χ3n) is 2.52. The lowest BCUT2D eigenvalue weighted by Crippen LogP contribution is -2.01. The predicted molar refractivity (Wildman–Crippen MR) is 69.8 cm³/mol. The smallest absolute Gasteiger partial charge is 0.0479 e. The minimum absolute atomic E-state index is 1.02. The van der Waals surface area contributed by atoms with Crippen LogP contribution in [-0.4, -0.2) is 16.4 Å². The van der Waals surface area contributed by atoms with Crippen LogP contribution in [0.15, 0.2) is 30.5 Å². The molecule has 0 aliphatic heterocycles. The summed E-state index contributed by atoms with van der Waals surface area (Å²) in [6.07, 6.45) is 3.24. The fourth-order valence-corrected chi connectivity index (χ4v) is 1.97. The molecule has 0 radical (unpaired) electrons. The Morgan fingerprint density at radius 1 is 1.33 bits per heavy atom. The molecule has 0 spiro atoms. The molecule has 80 valence electrons. The molecule has 0 bridgehead atoms. The standard InChI is InChI=1S/C12H15BrN2/c1-15-8-5-10-9-11(3-4-12(10)15)14-7-2-6-13/h3-5,8-9,14H,2,6-7H2,1H3. The van der Waals surface area contributed by atoms with Crippen molar-refractivity contribution in [2.75, 3.05) is 17.2 Å². The van der Waals surface area contributed by atoms with Gasteiger partial charge in [-0.1, -0.05) is 15.9 Å². The molecule has 1 N–H and O–H groups in total. The Bertz CT molecular complexity index is 448. The molecular formula is C12H15BrN2. The van der Waals surface area contributed by atoms with Crippen molar-refractivity contribution in [3.8, 4) is 0 Å². The molecule has 0 aliphatic rings. The summed E-state index contributed by atoms with van der Waals surface area (Å²) in [5, 5.41) is 5.75. The van der Waals surface area contributed by atoms with E-state index in [-0.39, 0.29) is 0 Å². The van der Waals surface area contributed by atoms with Crippen LogP contribution in [0.1, 0.15) is 6.42 Å².